The summed E-state index contributed by atoms with van der Waals surface area (Å²) in [6.45, 7) is -0.733. The first-order valence-electron chi connectivity index (χ1n) is 13.0. The zero-order valence-electron chi connectivity index (χ0n) is 23.5. The average molecular weight is 603 g/mol. The summed E-state index contributed by atoms with van der Waals surface area (Å²) in [5.41, 5.74) is 3.80. The van der Waals surface area contributed by atoms with Crippen LogP contribution in [0.2, 0.25) is 0 Å². The van der Waals surface area contributed by atoms with E-state index in [2.05, 4.69) is 15.8 Å². The Bertz CT molecular complexity index is 1680. The third-order valence-electron chi connectivity index (χ3n) is 5.99. The number of sulfonamides is 1. The fourth-order valence-electron chi connectivity index (χ4n) is 3.88. The molecule has 0 unspecified atom stereocenters. The zero-order chi connectivity index (χ0) is 30.7. The molecular weight excluding hydrogens is 572 g/mol. The van der Waals surface area contributed by atoms with Crippen molar-refractivity contribution >= 4 is 39.4 Å². The Labute approximate surface area is 249 Å². The molecule has 4 aromatic carbocycles. The minimum Gasteiger partial charge on any atom is -0.497 e. The number of amides is 2. The van der Waals surface area contributed by atoms with Crippen LogP contribution in [-0.4, -0.2) is 53.8 Å². The number of nitrogens with one attached hydrogen (secondary N) is 2. The van der Waals surface area contributed by atoms with Gasteiger partial charge in [0.1, 0.15) is 23.8 Å². The van der Waals surface area contributed by atoms with Crippen molar-refractivity contribution in [3.63, 3.8) is 0 Å². The Morgan fingerprint density at radius 2 is 1.53 bits per heavy atom. The molecule has 0 radical (unpaired) electrons. The Balaban J connectivity index is 1.35. The predicted molar refractivity (Wildman–Crippen MR) is 163 cm³/mol. The van der Waals surface area contributed by atoms with E-state index in [0.717, 1.165) is 4.31 Å². The number of nitrogens with zero attached hydrogens (tertiary/aromatic N) is 2. The Hall–Kier alpha value is -5.36. The molecule has 0 saturated heterocycles. The Morgan fingerprint density at radius 3 is 2.26 bits per heavy atom. The molecule has 2 amide bonds. The summed E-state index contributed by atoms with van der Waals surface area (Å²) in [4.78, 5) is 25.1. The van der Waals surface area contributed by atoms with E-state index in [9.17, 15) is 18.0 Å². The minimum atomic E-state index is -4.07. The van der Waals surface area contributed by atoms with Crippen molar-refractivity contribution in [2.75, 3.05) is 37.0 Å². The van der Waals surface area contributed by atoms with Crippen molar-refractivity contribution < 1.29 is 32.2 Å². The molecular formula is C31H30N4O7S. The predicted octanol–water partition coefficient (Wildman–Crippen LogP) is 4.07. The first-order chi connectivity index (χ1) is 20.8. The number of anilines is 2. The SMILES string of the molecule is COc1cccc(N(CC(=O)N/N=C\c2ccc(OCC(=O)Nc3ccccc3OC)cc2)S(=O)(=O)c2ccccc2)c1. The molecule has 0 aliphatic carbocycles. The highest BCUT2D eigenvalue weighted by molar-refractivity contribution is 7.92. The third-order valence-corrected chi connectivity index (χ3v) is 7.78. The highest BCUT2D eigenvalue weighted by Gasteiger charge is 2.27. The number of hydrazone groups is 1. The number of methoxy groups -OCH3 is 2. The van der Waals surface area contributed by atoms with Gasteiger partial charge in [-0.3, -0.25) is 13.9 Å². The molecule has 0 heterocycles. The number of hydrogen-bond donors (Lipinski definition) is 2. The van der Waals surface area contributed by atoms with Crippen LogP contribution in [0.25, 0.3) is 0 Å². The lowest BCUT2D eigenvalue weighted by Gasteiger charge is -2.24. The smallest absolute Gasteiger partial charge is 0.264 e. The summed E-state index contributed by atoms with van der Waals surface area (Å²) >= 11 is 0. The summed E-state index contributed by atoms with van der Waals surface area (Å²) in [6.07, 6.45) is 1.40. The molecule has 2 N–H and O–H groups in total. The van der Waals surface area contributed by atoms with E-state index in [0.29, 0.717) is 28.5 Å². The fourth-order valence-corrected chi connectivity index (χ4v) is 5.31. The van der Waals surface area contributed by atoms with Gasteiger partial charge < -0.3 is 19.5 Å². The van der Waals surface area contributed by atoms with Crippen molar-refractivity contribution in [1.82, 2.24) is 5.43 Å². The second-order valence-electron chi connectivity index (χ2n) is 8.93. The van der Waals surface area contributed by atoms with Crippen LogP contribution in [0, 0.1) is 0 Å². The number of ether oxygens (including phenoxy) is 3. The van der Waals surface area contributed by atoms with Crippen LogP contribution in [0.5, 0.6) is 17.2 Å². The third kappa shape index (κ3) is 8.33. The Kier molecular flexibility index (Phi) is 10.3. The molecule has 0 aromatic heterocycles. The van der Waals surface area contributed by atoms with Crippen LogP contribution >= 0.6 is 0 Å². The first-order valence-corrected chi connectivity index (χ1v) is 14.4. The molecule has 0 bridgehead atoms. The highest BCUT2D eigenvalue weighted by atomic mass is 32.2. The summed E-state index contributed by atoms with van der Waals surface area (Å²) in [6, 6.07) is 28.0. The molecule has 0 fully saturated rings. The van der Waals surface area contributed by atoms with Gasteiger partial charge in [0.05, 0.1) is 36.7 Å². The van der Waals surface area contributed by atoms with Crippen molar-refractivity contribution in [3.8, 4) is 17.2 Å². The summed E-state index contributed by atoms with van der Waals surface area (Å²) in [7, 11) is -1.09. The summed E-state index contributed by atoms with van der Waals surface area (Å²) in [5, 5.41) is 6.69. The second kappa shape index (κ2) is 14.5. The maximum Gasteiger partial charge on any atom is 0.264 e. The van der Waals surface area contributed by atoms with Crippen molar-refractivity contribution in [2.45, 2.75) is 4.90 Å². The highest BCUT2D eigenvalue weighted by Crippen LogP contribution is 2.27. The van der Waals surface area contributed by atoms with Crippen LogP contribution in [0.1, 0.15) is 5.56 Å². The quantitative estimate of drug-likeness (QED) is 0.174. The Morgan fingerprint density at radius 1 is 0.814 bits per heavy atom. The number of benzene rings is 4. The summed E-state index contributed by atoms with van der Waals surface area (Å²) in [5.74, 6) is 0.428. The van der Waals surface area contributed by atoms with Gasteiger partial charge in [0.25, 0.3) is 21.8 Å². The molecule has 4 rings (SSSR count). The molecule has 0 spiro atoms. The van der Waals surface area contributed by atoms with Crippen molar-refractivity contribution in [3.05, 3.63) is 109 Å². The van der Waals surface area contributed by atoms with Crippen molar-refractivity contribution in [2.24, 2.45) is 5.10 Å². The van der Waals surface area contributed by atoms with Gasteiger partial charge in [-0.05, 0) is 66.2 Å². The second-order valence-corrected chi connectivity index (χ2v) is 10.8. The lowest BCUT2D eigenvalue weighted by atomic mass is 10.2. The van der Waals surface area contributed by atoms with Crippen LogP contribution in [0.3, 0.4) is 0 Å². The number of para-hydroxylation sites is 2. The van der Waals surface area contributed by atoms with Gasteiger partial charge in [0.2, 0.25) is 0 Å². The number of rotatable bonds is 13. The van der Waals surface area contributed by atoms with Crippen molar-refractivity contribution in [1.29, 1.82) is 0 Å². The van der Waals surface area contributed by atoms with Gasteiger partial charge in [-0.15, -0.1) is 0 Å². The van der Waals surface area contributed by atoms with Crippen LogP contribution in [0.15, 0.2) is 113 Å². The maximum atomic E-state index is 13.4. The average Bonchev–Trinajstić information content (AvgIpc) is 3.04. The molecule has 11 nitrogen and oxygen atoms in total. The topological polar surface area (TPSA) is 136 Å². The molecule has 12 heteroatoms. The van der Waals surface area contributed by atoms with E-state index in [4.69, 9.17) is 14.2 Å². The van der Waals surface area contributed by atoms with Gasteiger partial charge in [0.15, 0.2) is 6.61 Å². The largest absolute Gasteiger partial charge is 0.497 e. The lowest BCUT2D eigenvalue weighted by molar-refractivity contribution is -0.119. The lowest BCUT2D eigenvalue weighted by Crippen LogP contribution is -2.39. The maximum absolute atomic E-state index is 13.4. The zero-order valence-corrected chi connectivity index (χ0v) is 24.3. The number of carbonyl (C=O) groups is 2. The fraction of sp³-hybridized carbons (Fsp3) is 0.129. The van der Waals surface area contributed by atoms with Gasteiger partial charge in [-0.2, -0.15) is 5.10 Å². The first kappa shape index (κ1) is 30.6. The van der Waals surface area contributed by atoms with Crippen LogP contribution in [-0.2, 0) is 19.6 Å². The van der Waals surface area contributed by atoms with E-state index in [1.165, 1.54) is 38.6 Å². The molecule has 0 saturated carbocycles. The standard InChI is InChI=1S/C31H30N4O7S/c1-40-26-10-8-9-24(19-26)35(43(38,39)27-11-4-3-5-12-27)21-30(36)34-32-20-23-15-17-25(18-16-23)42-22-31(37)33-28-13-6-7-14-29(28)41-2/h3-20H,21-22H2,1-2H3,(H,33,37)(H,34,36)/b32-20-. The van der Waals surface area contributed by atoms with Gasteiger partial charge in [-0.25, -0.2) is 13.8 Å². The van der Waals surface area contributed by atoms with E-state index < -0.39 is 22.5 Å². The molecule has 0 atom stereocenters. The van der Waals surface area contributed by atoms with E-state index in [-0.39, 0.29) is 23.1 Å². The van der Waals surface area contributed by atoms with Crippen LogP contribution in [0.4, 0.5) is 11.4 Å². The molecule has 0 aliphatic heterocycles. The van der Waals surface area contributed by atoms with Gasteiger partial charge >= 0.3 is 0 Å². The molecule has 43 heavy (non-hydrogen) atoms. The van der Waals surface area contributed by atoms with Gasteiger partial charge in [-0.1, -0.05) is 36.4 Å². The molecule has 4 aromatic rings. The molecule has 0 aliphatic rings. The normalized spacial score (nSPS) is 11.0. The van der Waals surface area contributed by atoms with E-state index in [1.54, 1.807) is 84.9 Å². The minimum absolute atomic E-state index is 0.0358. The van der Waals surface area contributed by atoms with E-state index in [1.807, 2.05) is 0 Å². The number of carbonyl (C=O) groups excluding carboxylic acids is 2. The van der Waals surface area contributed by atoms with E-state index >= 15 is 0 Å². The summed E-state index contributed by atoms with van der Waals surface area (Å²) < 4.78 is 43.9. The van der Waals surface area contributed by atoms with Gasteiger partial charge in [0, 0.05) is 6.07 Å². The van der Waals surface area contributed by atoms with Crippen LogP contribution < -0.4 is 29.3 Å². The molecule has 222 valence electrons. The monoisotopic (exact) mass is 602 g/mol. The number of hydrogen-bond acceptors (Lipinski definition) is 8.